The van der Waals surface area contributed by atoms with E-state index in [1.807, 2.05) is 6.07 Å². The highest BCUT2D eigenvalue weighted by Crippen LogP contribution is 2.22. The van der Waals surface area contributed by atoms with Crippen molar-refractivity contribution < 1.29 is 11.0 Å². The molecule has 1 aliphatic rings. The van der Waals surface area contributed by atoms with Crippen molar-refractivity contribution in [2.75, 3.05) is 0 Å². The molecule has 1 saturated heterocycles. The summed E-state index contributed by atoms with van der Waals surface area (Å²) >= 11 is 0. The molecule has 4 heteroatoms. The summed E-state index contributed by atoms with van der Waals surface area (Å²) in [6.07, 6.45) is 3.85. The normalized spacial score (nSPS) is 19.1. The van der Waals surface area contributed by atoms with E-state index in [0.29, 0.717) is 12.8 Å². The average molecular weight is 236 g/mol. The van der Waals surface area contributed by atoms with Crippen molar-refractivity contribution in [1.82, 2.24) is 10.3 Å². The maximum atomic E-state index is 11.4. The third kappa shape index (κ3) is 3.98. The maximum absolute atomic E-state index is 11.4. The minimum atomic E-state index is -0.270. The van der Waals surface area contributed by atoms with Gasteiger partial charge in [0.25, 0.3) is 0 Å². The molecule has 1 unspecified atom stereocenters. The molecular weight excluding hydrogens is 216 g/mol. The summed E-state index contributed by atoms with van der Waals surface area (Å²) < 4.78 is 0. The molecule has 4 nitrogen and oxygen atoms in total. The fraction of sp³-hybridized carbons (Fsp3) is 0.462. The minimum absolute atomic E-state index is 0. The van der Waals surface area contributed by atoms with Gasteiger partial charge < -0.3 is 0 Å². The van der Waals surface area contributed by atoms with Crippen LogP contribution in [0.25, 0.3) is 0 Å². The van der Waals surface area contributed by atoms with Crippen molar-refractivity contribution in [2.45, 2.75) is 39.0 Å². The summed E-state index contributed by atoms with van der Waals surface area (Å²) in [5.74, 6) is -0.698. The highest BCUT2D eigenvalue weighted by molar-refractivity contribution is 6.00. The number of nitrogens with zero attached hydrogens (tertiary/aromatic N) is 1. The van der Waals surface area contributed by atoms with Crippen LogP contribution in [0, 0.1) is 0 Å². The summed E-state index contributed by atoms with van der Waals surface area (Å²) in [7, 11) is 0. The topological polar surface area (TPSA) is 59.1 Å². The summed E-state index contributed by atoms with van der Waals surface area (Å²) in [4.78, 5) is 26.4. The predicted octanol–water partition coefficient (Wildman–Crippen LogP) is 2.26. The number of nitrogens with one attached hydrogen (secondary N) is 1. The number of piperidine rings is 1. The van der Waals surface area contributed by atoms with Gasteiger partial charge in [0, 0.05) is 14.0 Å². The van der Waals surface area contributed by atoms with E-state index in [1.165, 1.54) is 6.42 Å². The second-order valence-corrected chi connectivity index (χ2v) is 3.97. The van der Waals surface area contributed by atoms with Crippen LogP contribution >= 0.6 is 0 Å². The zero-order valence-corrected chi connectivity index (χ0v) is 10.3. The summed E-state index contributed by atoms with van der Waals surface area (Å²) in [6, 6.07) is 5.45. The van der Waals surface area contributed by atoms with E-state index in [1.54, 1.807) is 18.3 Å². The Labute approximate surface area is 103 Å². The van der Waals surface area contributed by atoms with Crippen LogP contribution in [0.3, 0.4) is 0 Å². The van der Waals surface area contributed by atoms with Gasteiger partial charge in [-0.25, -0.2) is 0 Å². The first-order valence-electron chi connectivity index (χ1n) is 5.93. The van der Waals surface area contributed by atoms with Gasteiger partial charge >= 0.3 is 0 Å². The third-order valence-corrected chi connectivity index (χ3v) is 2.28. The number of hydrogen-bond donors (Lipinski definition) is 1. The minimum Gasteiger partial charge on any atom is -0.296 e. The van der Waals surface area contributed by atoms with E-state index in [-0.39, 0.29) is 19.2 Å². The Morgan fingerprint density at radius 2 is 2.12 bits per heavy atom. The number of amides is 2. The second kappa shape index (κ2) is 6.78. The Morgan fingerprint density at radius 1 is 1.41 bits per heavy atom. The van der Waals surface area contributed by atoms with Crippen molar-refractivity contribution >= 4 is 11.8 Å². The molecule has 0 saturated carbocycles. The van der Waals surface area contributed by atoms with Gasteiger partial charge in [-0.3, -0.25) is 19.9 Å². The number of hydrogen-bond acceptors (Lipinski definition) is 3. The molecule has 1 N–H and O–H groups in total. The smallest absolute Gasteiger partial charge is 0.235 e. The van der Waals surface area contributed by atoms with Crippen molar-refractivity contribution in [3.63, 3.8) is 0 Å². The van der Waals surface area contributed by atoms with Gasteiger partial charge in [0.2, 0.25) is 11.8 Å². The van der Waals surface area contributed by atoms with Gasteiger partial charge in [-0.15, -0.1) is 0 Å². The number of carbonyl (C=O) groups is 2. The first-order chi connectivity index (χ1) is 8.19. The van der Waals surface area contributed by atoms with Gasteiger partial charge in [0.1, 0.15) is 0 Å². The monoisotopic (exact) mass is 236 g/mol. The fourth-order valence-electron chi connectivity index (χ4n) is 1.56. The maximum Gasteiger partial charge on any atom is 0.235 e. The van der Waals surface area contributed by atoms with Crippen LogP contribution in [0.5, 0.6) is 0 Å². The zero-order chi connectivity index (χ0) is 12.7. The molecule has 0 spiro atoms. The van der Waals surface area contributed by atoms with Crippen molar-refractivity contribution in [2.24, 2.45) is 0 Å². The number of carbonyl (C=O) groups excluding carboxylic acids is 2. The molecule has 1 aromatic rings. The third-order valence-electron chi connectivity index (χ3n) is 2.28. The first-order valence-corrected chi connectivity index (χ1v) is 5.93. The lowest BCUT2D eigenvalue weighted by Crippen LogP contribution is -2.39. The van der Waals surface area contributed by atoms with E-state index in [0.717, 1.165) is 5.69 Å². The SMILES string of the molecule is CCC.O=C1CCC(c2ccccn2)C(=O)N1.[HH]. The first kappa shape index (κ1) is 13.4. The van der Waals surface area contributed by atoms with Gasteiger partial charge in [-0.1, -0.05) is 26.3 Å². The van der Waals surface area contributed by atoms with Crippen molar-refractivity contribution in [1.29, 1.82) is 0 Å². The van der Waals surface area contributed by atoms with E-state index in [9.17, 15) is 9.59 Å². The molecule has 0 bridgehead atoms. The van der Waals surface area contributed by atoms with E-state index >= 15 is 0 Å². The van der Waals surface area contributed by atoms with Gasteiger partial charge in [0.15, 0.2) is 0 Å². The van der Waals surface area contributed by atoms with E-state index < -0.39 is 0 Å². The quantitative estimate of drug-likeness (QED) is 0.761. The Kier molecular flexibility index (Phi) is 5.33. The van der Waals surface area contributed by atoms with Crippen LogP contribution in [0.4, 0.5) is 0 Å². The number of aromatic nitrogens is 1. The predicted molar refractivity (Wildman–Crippen MR) is 67.4 cm³/mol. The Hall–Kier alpha value is -1.71. The molecule has 2 amide bonds. The Bertz CT molecular complexity index is 382. The van der Waals surface area contributed by atoms with Crippen LogP contribution in [0.1, 0.15) is 46.1 Å². The van der Waals surface area contributed by atoms with Crippen LogP contribution in [0.15, 0.2) is 24.4 Å². The molecule has 0 radical (unpaired) electrons. The summed E-state index contributed by atoms with van der Waals surface area (Å²) in [5, 5.41) is 2.31. The van der Waals surface area contributed by atoms with Gasteiger partial charge in [-0.05, 0) is 18.6 Å². The van der Waals surface area contributed by atoms with Crippen molar-refractivity contribution in [3.8, 4) is 0 Å². The standard InChI is InChI=1S/C10H10N2O2.C3H8.H2/c13-9-5-4-7(10(14)12-9)8-3-1-2-6-11-8;1-3-2;/h1-3,6-7H,4-5H2,(H,12,13,14);3H2,1-2H3;1H. The molecule has 0 aromatic carbocycles. The summed E-state index contributed by atoms with van der Waals surface area (Å²) in [6.45, 7) is 4.25. The molecule has 0 aliphatic carbocycles. The van der Waals surface area contributed by atoms with Crippen LogP contribution in [-0.2, 0) is 9.59 Å². The molecule has 1 aromatic heterocycles. The number of rotatable bonds is 1. The molecule has 1 atom stereocenters. The van der Waals surface area contributed by atoms with Crippen LogP contribution in [-0.4, -0.2) is 16.8 Å². The lowest BCUT2D eigenvalue weighted by Gasteiger charge is -2.19. The lowest BCUT2D eigenvalue weighted by molar-refractivity contribution is -0.134. The molecule has 2 rings (SSSR count). The van der Waals surface area contributed by atoms with Gasteiger partial charge in [0.05, 0.1) is 11.6 Å². The van der Waals surface area contributed by atoms with E-state index in [2.05, 4.69) is 24.1 Å². The zero-order valence-electron chi connectivity index (χ0n) is 10.3. The average Bonchev–Trinajstić information content (AvgIpc) is 2.31. The Balaban J connectivity index is 0.000000660. The molecule has 2 heterocycles. The highest BCUT2D eigenvalue weighted by atomic mass is 16.2. The van der Waals surface area contributed by atoms with Crippen LogP contribution < -0.4 is 5.32 Å². The highest BCUT2D eigenvalue weighted by Gasteiger charge is 2.28. The van der Waals surface area contributed by atoms with Gasteiger partial charge in [-0.2, -0.15) is 0 Å². The summed E-state index contributed by atoms with van der Waals surface area (Å²) in [5.41, 5.74) is 0.734. The van der Waals surface area contributed by atoms with E-state index in [4.69, 9.17) is 0 Å². The lowest BCUT2D eigenvalue weighted by atomic mass is 9.94. The molecule has 1 fully saturated rings. The molecule has 17 heavy (non-hydrogen) atoms. The number of pyridine rings is 1. The van der Waals surface area contributed by atoms with Crippen molar-refractivity contribution in [3.05, 3.63) is 30.1 Å². The van der Waals surface area contributed by atoms with Crippen LogP contribution in [0.2, 0.25) is 0 Å². The fourth-order valence-corrected chi connectivity index (χ4v) is 1.56. The number of imide groups is 1. The molecular formula is C13H20N2O2. The second-order valence-electron chi connectivity index (χ2n) is 3.97. The Morgan fingerprint density at radius 3 is 2.65 bits per heavy atom. The molecule has 94 valence electrons. The largest absolute Gasteiger partial charge is 0.296 e. The molecule has 1 aliphatic heterocycles.